The van der Waals surface area contributed by atoms with Gasteiger partial charge in [-0.15, -0.1) is 11.3 Å². The summed E-state index contributed by atoms with van der Waals surface area (Å²) >= 11 is 1.63. The fourth-order valence-corrected chi connectivity index (χ4v) is 2.94. The largest absolute Gasteiger partial charge is 0.480 e. The van der Waals surface area contributed by atoms with Crippen LogP contribution in [0.1, 0.15) is 35.9 Å². The number of nitrogens with one attached hydrogen (secondary N) is 1. The van der Waals surface area contributed by atoms with Crippen molar-refractivity contribution in [3.63, 3.8) is 0 Å². The molecule has 1 aromatic carbocycles. The van der Waals surface area contributed by atoms with Gasteiger partial charge in [0.1, 0.15) is 6.04 Å². The van der Waals surface area contributed by atoms with Gasteiger partial charge in [-0.25, -0.2) is 0 Å². The average Bonchev–Trinajstić information content (AvgIpc) is 2.93. The van der Waals surface area contributed by atoms with Crippen LogP contribution in [0.5, 0.6) is 0 Å². The van der Waals surface area contributed by atoms with E-state index in [9.17, 15) is 9.90 Å². The van der Waals surface area contributed by atoms with Crippen molar-refractivity contribution in [3.8, 4) is 0 Å². The van der Waals surface area contributed by atoms with Crippen LogP contribution in [0.15, 0.2) is 41.8 Å². The number of carbonyl (C=O) groups is 1. The van der Waals surface area contributed by atoms with Crippen LogP contribution in [0.4, 0.5) is 0 Å². The molecule has 1 aromatic heterocycles. The molecule has 0 amide bonds. The van der Waals surface area contributed by atoms with E-state index < -0.39 is 12.0 Å². The second-order valence-electron chi connectivity index (χ2n) is 5.57. The minimum atomic E-state index is -0.844. The quantitative estimate of drug-likeness (QED) is 0.816. The first-order valence-corrected chi connectivity index (χ1v) is 8.01. The van der Waals surface area contributed by atoms with Crippen molar-refractivity contribution in [2.75, 3.05) is 0 Å². The lowest BCUT2D eigenvalue weighted by Gasteiger charge is -2.15. The zero-order valence-corrected chi connectivity index (χ0v) is 13.2. The molecule has 0 bridgehead atoms. The Balaban J connectivity index is 2.05. The number of hydrogen-bond donors (Lipinski definition) is 2. The molecule has 0 aliphatic rings. The van der Waals surface area contributed by atoms with Crippen molar-refractivity contribution in [3.05, 3.63) is 57.8 Å². The maximum atomic E-state index is 11.5. The molecule has 0 aliphatic carbocycles. The summed E-state index contributed by atoms with van der Waals surface area (Å²) in [7, 11) is 0. The van der Waals surface area contributed by atoms with Crippen LogP contribution in [0.25, 0.3) is 0 Å². The summed E-state index contributed by atoms with van der Waals surface area (Å²) in [5.41, 5.74) is 2.04. The molecule has 4 heteroatoms. The van der Waals surface area contributed by atoms with Gasteiger partial charge in [-0.3, -0.25) is 10.1 Å². The first kappa shape index (κ1) is 15.7. The van der Waals surface area contributed by atoms with Gasteiger partial charge in [-0.2, -0.15) is 0 Å². The van der Waals surface area contributed by atoms with Crippen molar-refractivity contribution >= 4 is 17.3 Å². The van der Waals surface area contributed by atoms with Crippen LogP contribution in [0.2, 0.25) is 0 Å². The predicted molar refractivity (Wildman–Crippen MR) is 86.5 cm³/mol. The summed E-state index contributed by atoms with van der Waals surface area (Å²) in [5.74, 6) is -0.244. The SMILES string of the molecule is CC(C)Cc1ccc(C(NCc2cccs2)C(=O)O)cc1. The topological polar surface area (TPSA) is 49.3 Å². The predicted octanol–water partition coefficient (Wildman–Crippen LogP) is 3.86. The van der Waals surface area contributed by atoms with E-state index in [1.54, 1.807) is 11.3 Å². The number of carboxylic acid groups (broad SMARTS) is 1. The first-order valence-electron chi connectivity index (χ1n) is 7.13. The number of rotatable bonds is 7. The smallest absolute Gasteiger partial charge is 0.325 e. The highest BCUT2D eigenvalue weighted by Crippen LogP contribution is 2.18. The Morgan fingerprint density at radius 1 is 1.24 bits per heavy atom. The van der Waals surface area contributed by atoms with Gasteiger partial charge in [0.05, 0.1) is 0 Å². The third-order valence-corrected chi connectivity index (χ3v) is 4.14. The van der Waals surface area contributed by atoms with Crippen LogP contribution in [-0.4, -0.2) is 11.1 Å². The van der Waals surface area contributed by atoms with Gasteiger partial charge in [-0.1, -0.05) is 44.2 Å². The highest BCUT2D eigenvalue weighted by Gasteiger charge is 2.19. The molecule has 2 rings (SSSR count). The normalized spacial score (nSPS) is 12.5. The average molecular weight is 303 g/mol. The summed E-state index contributed by atoms with van der Waals surface area (Å²) < 4.78 is 0. The number of carboxylic acids is 1. The van der Waals surface area contributed by atoms with Gasteiger partial charge in [-0.05, 0) is 34.9 Å². The molecule has 1 atom stereocenters. The van der Waals surface area contributed by atoms with Gasteiger partial charge in [0.25, 0.3) is 0 Å². The monoisotopic (exact) mass is 303 g/mol. The molecule has 1 heterocycles. The zero-order valence-electron chi connectivity index (χ0n) is 12.4. The molecule has 2 aromatic rings. The summed E-state index contributed by atoms with van der Waals surface area (Å²) in [6.07, 6.45) is 1.01. The first-order chi connectivity index (χ1) is 10.1. The van der Waals surface area contributed by atoms with E-state index in [-0.39, 0.29) is 0 Å². The summed E-state index contributed by atoms with van der Waals surface area (Å²) in [6, 6.07) is 11.2. The van der Waals surface area contributed by atoms with E-state index in [1.165, 1.54) is 5.56 Å². The molecule has 0 saturated heterocycles. The van der Waals surface area contributed by atoms with Crippen LogP contribution in [-0.2, 0) is 17.8 Å². The van der Waals surface area contributed by atoms with Crippen molar-refractivity contribution in [2.24, 2.45) is 5.92 Å². The molecule has 112 valence electrons. The van der Waals surface area contributed by atoms with Crippen molar-refractivity contribution < 1.29 is 9.90 Å². The number of aliphatic carboxylic acids is 1. The van der Waals surface area contributed by atoms with E-state index in [0.29, 0.717) is 12.5 Å². The highest BCUT2D eigenvalue weighted by atomic mass is 32.1. The number of benzene rings is 1. The fraction of sp³-hybridized carbons (Fsp3) is 0.353. The third-order valence-electron chi connectivity index (χ3n) is 3.26. The van der Waals surface area contributed by atoms with Crippen LogP contribution in [0, 0.1) is 5.92 Å². The van der Waals surface area contributed by atoms with Crippen molar-refractivity contribution in [1.29, 1.82) is 0 Å². The Morgan fingerprint density at radius 2 is 1.95 bits per heavy atom. The maximum absolute atomic E-state index is 11.5. The molecule has 2 N–H and O–H groups in total. The molecule has 0 saturated carbocycles. The standard InChI is InChI=1S/C17H21NO2S/c1-12(2)10-13-5-7-14(8-6-13)16(17(19)20)18-11-15-4-3-9-21-15/h3-9,12,16,18H,10-11H2,1-2H3,(H,19,20). The van der Waals surface area contributed by atoms with E-state index in [1.807, 2.05) is 41.8 Å². The van der Waals surface area contributed by atoms with Crippen molar-refractivity contribution in [1.82, 2.24) is 5.32 Å². The molecular formula is C17H21NO2S. The second-order valence-corrected chi connectivity index (χ2v) is 6.60. The van der Waals surface area contributed by atoms with E-state index in [2.05, 4.69) is 19.2 Å². The van der Waals surface area contributed by atoms with E-state index in [4.69, 9.17) is 0 Å². The highest BCUT2D eigenvalue weighted by molar-refractivity contribution is 7.09. The lowest BCUT2D eigenvalue weighted by Crippen LogP contribution is -2.27. The number of hydrogen-bond acceptors (Lipinski definition) is 3. The molecule has 0 radical (unpaired) electrons. The van der Waals surface area contributed by atoms with Gasteiger partial charge < -0.3 is 5.11 Å². The minimum absolute atomic E-state index is 0.572. The Morgan fingerprint density at radius 3 is 2.48 bits per heavy atom. The maximum Gasteiger partial charge on any atom is 0.325 e. The third kappa shape index (κ3) is 4.69. The molecular weight excluding hydrogens is 282 g/mol. The second kappa shape index (κ2) is 7.38. The van der Waals surface area contributed by atoms with E-state index in [0.717, 1.165) is 16.9 Å². The summed E-state index contributed by atoms with van der Waals surface area (Å²) in [5, 5.41) is 14.5. The summed E-state index contributed by atoms with van der Waals surface area (Å²) in [4.78, 5) is 12.6. The van der Waals surface area contributed by atoms with Crippen LogP contribution >= 0.6 is 11.3 Å². The molecule has 1 unspecified atom stereocenters. The van der Waals surface area contributed by atoms with Gasteiger partial charge in [0, 0.05) is 11.4 Å². The Hall–Kier alpha value is -1.65. The molecule has 21 heavy (non-hydrogen) atoms. The Kier molecular flexibility index (Phi) is 5.53. The minimum Gasteiger partial charge on any atom is -0.480 e. The Labute approximate surface area is 129 Å². The molecule has 3 nitrogen and oxygen atoms in total. The Bertz CT molecular complexity index is 561. The lowest BCUT2D eigenvalue weighted by atomic mass is 9.99. The lowest BCUT2D eigenvalue weighted by molar-refractivity contribution is -0.139. The van der Waals surface area contributed by atoms with Crippen molar-refractivity contribution in [2.45, 2.75) is 32.9 Å². The fourth-order valence-electron chi connectivity index (χ4n) is 2.28. The molecule has 0 spiro atoms. The van der Waals surface area contributed by atoms with Gasteiger partial charge in [0.15, 0.2) is 0 Å². The van der Waals surface area contributed by atoms with Crippen LogP contribution in [0.3, 0.4) is 0 Å². The molecule has 0 fully saturated rings. The number of thiophene rings is 1. The van der Waals surface area contributed by atoms with Gasteiger partial charge >= 0.3 is 5.97 Å². The summed E-state index contributed by atoms with van der Waals surface area (Å²) in [6.45, 7) is 4.93. The molecule has 0 aliphatic heterocycles. The van der Waals surface area contributed by atoms with Crippen LogP contribution < -0.4 is 5.32 Å². The van der Waals surface area contributed by atoms with Gasteiger partial charge in [0.2, 0.25) is 0 Å². The van der Waals surface area contributed by atoms with E-state index >= 15 is 0 Å². The zero-order chi connectivity index (χ0) is 15.2.